The van der Waals surface area contributed by atoms with E-state index in [0.717, 1.165) is 23.7 Å². The second-order valence-electron chi connectivity index (χ2n) is 4.98. The van der Waals surface area contributed by atoms with E-state index >= 15 is 0 Å². The zero-order chi connectivity index (χ0) is 15.1. The lowest BCUT2D eigenvalue weighted by atomic mass is 10.1. The van der Waals surface area contributed by atoms with Crippen molar-refractivity contribution < 1.29 is 9.47 Å². The molecule has 1 N–H and O–H groups in total. The van der Waals surface area contributed by atoms with Gasteiger partial charge in [0, 0.05) is 6.04 Å². The first kappa shape index (κ1) is 15.4. The lowest BCUT2D eigenvalue weighted by Crippen LogP contribution is -2.11. The molecular formula is C18H23NO2. The molecule has 21 heavy (non-hydrogen) atoms. The number of hydrogen-bond donors (Lipinski definition) is 1. The summed E-state index contributed by atoms with van der Waals surface area (Å²) in [7, 11) is 1.95. The summed E-state index contributed by atoms with van der Waals surface area (Å²) >= 11 is 0. The quantitative estimate of drug-likeness (QED) is 0.809. The predicted molar refractivity (Wildman–Crippen MR) is 86.2 cm³/mol. The zero-order valence-corrected chi connectivity index (χ0v) is 12.9. The molecule has 0 fully saturated rings. The van der Waals surface area contributed by atoms with Crippen molar-refractivity contribution in [2.24, 2.45) is 0 Å². The van der Waals surface area contributed by atoms with Crippen LogP contribution in [0.3, 0.4) is 0 Å². The predicted octanol–water partition coefficient (Wildman–Crippen LogP) is 4.55. The van der Waals surface area contributed by atoms with Gasteiger partial charge in [-0.15, -0.1) is 0 Å². The van der Waals surface area contributed by atoms with Gasteiger partial charge in [-0.05, 0) is 50.2 Å². The summed E-state index contributed by atoms with van der Waals surface area (Å²) in [6.45, 7) is 4.91. The number of para-hydroxylation sites is 2. The van der Waals surface area contributed by atoms with Crippen molar-refractivity contribution in [2.75, 3.05) is 13.7 Å². The maximum atomic E-state index is 5.93. The Morgan fingerprint density at radius 2 is 1.67 bits per heavy atom. The lowest BCUT2D eigenvalue weighted by Gasteiger charge is -2.13. The summed E-state index contributed by atoms with van der Waals surface area (Å²) in [5, 5.41) is 3.22. The SMILES string of the molecule is CCCOc1ccccc1Oc1ccc(C(C)NC)cc1. The second-order valence-corrected chi connectivity index (χ2v) is 4.98. The molecule has 0 aliphatic rings. The van der Waals surface area contributed by atoms with Gasteiger partial charge in [0.1, 0.15) is 5.75 Å². The van der Waals surface area contributed by atoms with E-state index in [1.807, 2.05) is 43.4 Å². The van der Waals surface area contributed by atoms with E-state index in [2.05, 4.69) is 31.3 Å². The van der Waals surface area contributed by atoms with Gasteiger partial charge in [-0.2, -0.15) is 0 Å². The van der Waals surface area contributed by atoms with Gasteiger partial charge in [0.2, 0.25) is 0 Å². The van der Waals surface area contributed by atoms with E-state index in [1.165, 1.54) is 5.56 Å². The monoisotopic (exact) mass is 285 g/mol. The molecule has 0 amide bonds. The van der Waals surface area contributed by atoms with E-state index in [-0.39, 0.29) is 0 Å². The standard InChI is InChI=1S/C18H23NO2/c1-4-13-20-17-7-5-6-8-18(17)21-16-11-9-15(10-12-16)14(2)19-3/h5-12,14,19H,4,13H2,1-3H3. The number of ether oxygens (including phenoxy) is 2. The summed E-state index contributed by atoms with van der Waals surface area (Å²) in [6.07, 6.45) is 0.977. The largest absolute Gasteiger partial charge is 0.490 e. The third kappa shape index (κ3) is 4.23. The molecule has 0 spiro atoms. The molecular weight excluding hydrogens is 262 g/mol. The minimum atomic E-state index is 0.333. The fraction of sp³-hybridized carbons (Fsp3) is 0.333. The highest BCUT2D eigenvalue weighted by atomic mass is 16.5. The van der Waals surface area contributed by atoms with Crippen molar-refractivity contribution in [1.29, 1.82) is 0 Å². The van der Waals surface area contributed by atoms with E-state index < -0.39 is 0 Å². The normalized spacial score (nSPS) is 12.0. The van der Waals surface area contributed by atoms with Gasteiger partial charge in [0.15, 0.2) is 11.5 Å². The first-order chi connectivity index (χ1) is 10.2. The first-order valence-electron chi connectivity index (χ1n) is 7.41. The smallest absolute Gasteiger partial charge is 0.169 e. The molecule has 112 valence electrons. The van der Waals surface area contributed by atoms with Crippen LogP contribution in [0.2, 0.25) is 0 Å². The van der Waals surface area contributed by atoms with Crippen LogP contribution in [0.4, 0.5) is 0 Å². The highest BCUT2D eigenvalue weighted by molar-refractivity contribution is 5.43. The number of rotatable bonds is 7. The fourth-order valence-corrected chi connectivity index (χ4v) is 1.98. The Balaban J connectivity index is 2.11. The van der Waals surface area contributed by atoms with Crippen molar-refractivity contribution in [2.45, 2.75) is 26.3 Å². The van der Waals surface area contributed by atoms with Crippen molar-refractivity contribution in [3.8, 4) is 17.2 Å². The summed E-state index contributed by atoms with van der Waals surface area (Å²) in [5.41, 5.74) is 1.24. The van der Waals surface area contributed by atoms with Crippen LogP contribution in [0, 0.1) is 0 Å². The van der Waals surface area contributed by atoms with E-state index in [9.17, 15) is 0 Å². The Kier molecular flexibility index (Phi) is 5.64. The number of hydrogen-bond acceptors (Lipinski definition) is 3. The molecule has 0 saturated carbocycles. The fourth-order valence-electron chi connectivity index (χ4n) is 1.98. The molecule has 0 aromatic heterocycles. The van der Waals surface area contributed by atoms with Gasteiger partial charge < -0.3 is 14.8 Å². The maximum absolute atomic E-state index is 5.93. The van der Waals surface area contributed by atoms with Crippen LogP contribution in [-0.2, 0) is 0 Å². The molecule has 1 atom stereocenters. The topological polar surface area (TPSA) is 30.5 Å². The molecule has 3 heteroatoms. The third-order valence-corrected chi connectivity index (χ3v) is 3.35. The van der Waals surface area contributed by atoms with Crippen LogP contribution in [0.15, 0.2) is 48.5 Å². The summed E-state index contributed by atoms with van der Waals surface area (Å²) in [5.74, 6) is 2.35. The van der Waals surface area contributed by atoms with Gasteiger partial charge in [-0.3, -0.25) is 0 Å². The Morgan fingerprint density at radius 1 is 1.00 bits per heavy atom. The van der Waals surface area contributed by atoms with E-state index in [1.54, 1.807) is 0 Å². The molecule has 0 aliphatic carbocycles. The summed E-state index contributed by atoms with van der Waals surface area (Å²) in [6, 6.07) is 16.2. The Labute approximate surface area is 126 Å². The molecule has 0 heterocycles. The molecule has 3 nitrogen and oxygen atoms in total. The van der Waals surface area contributed by atoms with Crippen LogP contribution in [0.1, 0.15) is 31.9 Å². The zero-order valence-electron chi connectivity index (χ0n) is 12.9. The third-order valence-electron chi connectivity index (χ3n) is 3.35. The molecule has 2 aromatic carbocycles. The molecule has 0 bridgehead atoms. The van der Waals surface area contributed by atoms with Crippen molar-refractivity contribution in [1.82, 2.24) is 5.32 Å². The minimum Gasteiger partial charge on any atom is -0.490 e. The molecule has 0 aliphatic heterocycles. The second kappa shape index (κ2) is 7.70. The van der Waals surface area contributed by atoms with Crippen molar-refractivity contribution in [3.05, 3.63) is 54.1 Å². The molecule has 0 radical (unpaired) electrons. The Hall–Kier alpha value is -2.00. The summed E-state index contributed by atoms with van der Waals surface area (Å²) < 4.78 is 11.6. The van der Waals surface area contributed by atoms with Crippen LogP contribution < -0.4 is 14.8 Å². The maximum Gasteiger partial charge on any atom is 0.169 e. The van der Waals surface area contributed by atoms with Crippen molar-refractivity contribution in [3.63, 3.8) is 0 Å². The molecule has 0 saturated heterocycles. The highest BCUT2D eigenvalue weighted by Crippen LogP contribution is 2.31. The Morgan fingerprint density at radius 3 is 2.29 bits per heavy atom. The van der Waals surface area contributed by atoms with Gasteiger partial charge in [0.25, 0.3) is 0 Å². The minimum absolute atomic E-state index is 0.333. The van der Waals surface area contributed by atoms with Crippen LogP contribution in [0.25, 0.3) is 0 Å². The van der Waals surface area contributed by atoms with Gasteiger partial charge in [-0.25, -0.2) is 0 Å². The van der Waals surface area contributed by atoms with Gasteiger partial charge in [0.05, 0.1) is 6.61 Å². The van der Waals surface area contributed by atoms with Crippen molar-refractivity contribution >= 4 is 0 Å². The van der Waals surface area contributed by atoms with Crippen LogP contribution in [-0.4, -0.2) is 13.7 Å². The summed E-state index contributed by atoms with van der Waals surface area (Å²) in [4.78, 5) is 0. The van der Waals surface area contributed by atoms with Crippen LogP contribution >= 0.6 is 0 Å². The number of benzene rings is 2. The van der Waals surface area contributed by atoms with Gasteiger partial charge >= 0.3 is 0 Å². The highest BCUT2D eigenvalue weighted by Gasteiger charge is 2.06. The average Bonchev–Trinajstić information content (AvgIpc) is 2.54. The molecule has 2 rings (SSSR count). The van der Waals surface area contributed by atoms with Gasteiger partial charge in [-0.1, -0.05) is 31.2 Å². The molecule has 1 unspecified atom stereocenters. The number of nitrogens with one attached hydrogen (secondary N) is 1. The van der Waals surface area contributed by atoms with E-state index in [0.29, 0.717) is 12.6 Å². The van der Waals surface area contributed by atoms with Crippen LogP contribution in [0.5, 0.6) is 17.2 Å². The Bertz CT molecular complexity index is 551. The molecule has 2 aromatic rings. The van der Waals surface area contributed by atoms with E-state index in [4.69, 9.17) is 9.47 Å². The lowest BCUT2D eigenvalue weighted by molar-refractivity contribution is 0.302. The average molecular weight is 285 g/mol. The first-order valence-corrected chi connectivity index (χ1v) is 7.41.